The molecule has 66 heavy (non-hydrogen) atoms. The van der Waals surface area contributed by atoms with Gasteiger partial charge < -0.3 is 104 Å². The summed E-state index contributed by atoms with van der Waals surface area (Å²) in [5, 5.41) is 126. The third kappa shape index (κ3) is 9.75. The van der Waals surface area contributed by atoms with Crippen LogP contribution >= 0.6 is 0 Å². The van der Waals surface area contributed by atoms with Gasteiger partial charge in [0.1, 0.15) is 83.2 Å². The van der Waals surface area contributed by atoms with Crippen LogP contribution in [0, 0.1) is 0 Å². The number of aliphatic hydroxyl groups excluding tert-OH is 9. The molecule has 23 nitrogen and oxygen atoms in total. The Labute approximate surface area is 372 Å². The van der Waals surface area contributed by atoms with Gasteiger partial charge in [-0.15, -0.1) is 0 Å². The van der Waals surface area contributed by atoms with Gasteiger partial charge >= 0.3 is 5.97 Å². The fourth-order valence-corrected chi connectivity index (χ4v) is 7.47. The summed E-state index contributed by atoms with van der Waals surface area (Å²) in [6, 6.07) is 11.3. The molecule has 0 bridgehead atoms. The van der Waals surface area contributed by atoms with Crippen LogP contribution in [0.2, 0.25) is 0 Å². The monoisotopic (exact) mass is 932 g/mol. The van der Waals surface area contributed by atoms with Crippen LogP contribution in [0.3, 0.4) is 0 Å². The maximum absolute atomic E-state index is 14.5. The second-order valence-corrected chi connectivity index (χ2v) is 15.5. The van der Waals surface area contributed by atoms with Gasteiger partial charge in [0, 0.05) is 23.8 Å². The highest BCUT2D eigenvalue weighted by molar-refractivity contribution is 5.89. The number of methoxy groups -OCH3 is 1. The molecule has 3 saturated heterocycles. The molecule has 0 spiro atoms. The molecule has 4 aromatic rings. The van der Waals surface area contributed by atoms with E-state index in [1.807, 2.05) is 0 Å². The summed E-state index contributed by atoms with van der Waals surface area (Å²) < 4.78 is 51.3. The number of aliphatic hydroxyl groups is 9. The minimum absolute atomic E-state index is 0.0569. The predicted octanol–water partition coefficient (Wildman–Crippen LogP) is -1.94. The van der Waals surface area contributed by atoms with E-state index in [4.69, 9.17) is 42.3 Å². The number of benzene rings is 3. The van der Waals surface area contributed by atoms with Crippen molar-refractivity contribution in [3.05, 3.63) is 76.5 Å². The molecule has 3 fully saturated rings. The van der Waals surface area contributed by atoms with E-state index in [1.165, 1.54) is 62.6 Å². The number of carbonyl (C=O) groups excluding carboxylic acids is 1. The number of carbonyl (C=O) groups is 1. The maximum atomic E-state index is 14.5. The Morgan fingerprint density at radius 1 is 0.697 bits per heavy atom. The molecule has 4 heterocycles. The standard InChI is InChI=1S/C43H48O23/c1-16-29(50)33(54)36(57)41(59-16)66-40-35(56)31(52)26(15-45)63-43(40)65-38-32(53)28-22(48)12-20(13-24(28)61-37(38)18-5-7-19(46)8-6-18)60-42-39(34(55)30(51)25(14-44)62-42)64-27(49)10-4-17-3-9-21(47)23(11-17)58-2/h3-13,16,25-26,29-31,33-36,39-48,50-52,54-57H,14-15H2,1-2H3/b10-4+. The molecule has 15 atom stereocenters. The molecule has 12 N–H and O–H groups in total. The van der Waals surface area contributed by atoms with Crippen LogP contribution in [0.1, 0.15) is 12.5 Å². The fraction of sp³-hybridized carbons (Fsp3) is 0.442. The van der Waals surface area contributed by atoms with E-state index in [2.05, 4.69) is 0 Å². The highest BCUT2D eigenvalue weighted by Gasteiger charge is 2.52. The molecule has 7 rings (SSSR count). The van der Waals surface area contributed by atoms with Crippen molar-refractivity contribution in [2.45, 2.75) is 99.0 Å². The second-order valence-electron chi connectivity index (χ2n) is 15.5. The Morgan fingerprint density at radius 2 is 1.33 bits per heavy atom. The normalized spacial score (nSPS) is 32.6. The van der Waals surface area contributed by atoms with Crippen molar-refractivity contribution in [2.75, 3.05) is 20.3 Å². The molecule has 0 radical (unpaired) electrons. The van der Waals surface area contributed by atoms with Crippen LogP contribution in [0.25, 0.3) is 28.4 Å². The lowest BCUT2D eigenvalue weighted by Gasteiger charge is -2.45. The summed E-state index contributed by atoms with van der Waals surface area (Å²) in [6.45, 7) is -0.362. The van der Waals surface area contributed by atoms with E-state index in [9.17, 15) is 70.9 Å². The Bertz CT molecular complexity index is 2420. The predicted molar refractivity (Wildman–Crippen MR) is 219 cm³/mol. The number of rotatable bonds is 13. The lowest BCUT2D eigenvalue weighted by Crippen LogP contribution is -2.64. The van der Waals surface area contributed by atoms with Crippen LogP contribution in [0.15, 0.2) is 69.9 Å². The first-order valence-corrected chi connectivity index (χ1v) is 20.3. The number of ether oxygens (including phenoxy) is 8. The van der Waals surface area contributed by atoms with E-state index in [1.54, 1.807) is 0 Å². The zero-order valence-electron chi connectivity index (χ0n) is 34.8. The summed E-state index contributed by atoms with van der Waals surface area (Å²) in [7, 11) is 1.33. The first-order valence-electron chi connectivity index (χ1n) is 20.3. The van der Waals surface area contributed by atoms with E-state index < -0.39 is 145 Å². The minimum Gasteiger partial charge on any atom is -0.508 e. The van der Waals surface area contributed by atoms with Crippen molar-refractivity contribution in [3.63, 3.8) is 0 Å². The van der Waals surface area contributed by atoms with Crippen LogP contribution in [-0.2, 0) is 28.5 Å². The highest BCUT2D eigenvalue weighted by Crippen LogP contribution is 2.40. The number of phenolic OH excluding ortho intramolecular Hbond substituents is 3. The van der Waals surface area contributed by atoms with Crippen LogP contribution in [0.5, 0.6) is 34.5 Å². The highest BCUT2D eigenvalue weighted by atomic mass is 16.8. The Morgan fingerprint density at radius 3 is 1.97 bits per heavy atom. The quantitative estimate of drug-likeness (QED) is 0.0512. The number of fused-ring (bicyclic) bond motifs is 1. The smallest absolute Gasteiger partial charge is 0.331 e. The van der Waals surface area contributed by atoms with Gasteiger partial charge in [-0.3, -0.25) is 4.79 Å². The van der Waals surface area contributed by atoms with Crippen molar-refractivity contribution in [1.29, 1.82) is 0 Å². The van der Waals surface area contributed by atoms with E-state index >= 15 is 0 Å². The van der Waals surface area contributed by atoms with E-state index in [0.717, 1.165) is 18.2 Å². The van der Waals surface area contributed by atoms with Gasteiger partial charge in [-0.1, -0.05) is 6.07 Å². The van der Waals surface area contributed by atoms with E-state index in [-0.39, 0.29) is 28.6 Å². The molecule has 358 valence electrons. The summed E-state index contributed by atoms with van der Waals surface area (Å²) in [5.41, 5.74) is -1.05. The second kappa shape index (κ2) is 20.1. The molecular weight excluding hydrogens is 884 g/mol. The number of esters is 1. The average molecular weight is 933 g/mol. The lowest BCUT2D eigenvalue weighted by atomic mass is 9.97. The molecule has 3 aliphatic rings. The number of phenols is 3. The largest absolute Gasteiger partial charge is 0.508 e. The fourth-order valence-electron chi connectivity index (χ4n) is 7.47. The van der Waals surface area contributed by atoms with Gasteiger partial charge in [-0.25, -0.2) is 4.79 Å². The summed E-state index contributed by atoms with van der Waals surface area (Å²) in [5.74, 6) is -3.61. The van der Waals surface area contributed by atoms with Crippen LogP contribution in [-0.4, -0.2) is 180 Å². The van der Waals surface area contributed by atoms with Gasteiger partial charge in [-0.05, 0) is 55.0 Å². The third-order valence-corrected chi connectivity index (χ3v) is 11.1. The van der Waals surface area contributed by atoms with Gasteiger partial charge in [-0.2, -0.15) is 0 Å². The Balaban J connectivity index is 1.24. The topological polar surface area (TPSA) is 364 Å². The first kappa shape index (κ1) is 48.3. The van der Waals surface area contributed by atoms with Crippen molar-refractivity contribution in [3.8, 4) is 45.8 Å². The SMILES string of the molecule is COc1cc(/C=C/C(=O)OC2C(Oc3cc(O)c4c(=O)c(OC5OC(CO)C(O)C(O)C5OC5OC(C)C(O)C(O)C5O)c(-c5ccc(O)cc5)oc4c3)OC(CO)C(O)C2O)ccc1O. The molecule has 0 aliphatic carbocycles. The number of hydrogen-bond donors (Lipinski definition) is 12. The zero-order chi connectivity index (χ0) is 47.7. The van der Waals surface area contributed by atoms with Crippen molar-refractivity contribution in [1.82, 2.24) is 0 Å². The third-order valence-electron chi connectivity index (χ3n) is 11.1. The molecule has 3 aliphatic heterocycles. The van der Waals surface area contributed by atoms with Crippen LogP contribution < -0.4 is 19.6 Å². The molecular formula is C43H48O23. The summed E-state index contributed by atoms with van der Waals surface area (Å²) in [6.07, 6.45) is -23.8. The van der Waals surface area contributed by atoms with Gasteiger partial charge in [0.25, 0.3) is 0 Å². The average Bonchev–Trinajstić information content (AvgIpc) is 3.29. The molecule has 1 aromatic heterocycles. The van der Waals surface area contributed by atoms with Gasteiger partial charge in [0.2, 0.25) is 23.8 Å². The van der Waals surface area contributed by atoms with Gasteiger partial charge in [0.05, 0.1) is 26.4 Å². The number of aromatic hydroxyl groups is 3. The molecule has 0 saturated carbocycles. The van der Waals surface area contributed by atoms with Crippen LogP contribution in [0.4, 0.5) is 0 Å². The molecule has 3 aromatic carbocycles. The minimum atomic E-state index is -1.98. The van der Waals surface area contributed by atoms with Crippen molar-refractivity contribution in [2.24, 2.45) is 0 Å². The van der Waals surface area contributed by atoms with Crippen molar-refractivity contribution < 1.29 is 108 Å². The Kier molecular flexibility index (Phi) is 14.7. The van der Waals surface area contributed by atoms with E-state index in [0.29, 0.717) is 5.56 Å². The number of hydrogen-bond acceptors (Lipinski definition) is 23. The lowest BCUT2D eigenvalue weighted by molar-refractivity contribution is -0.354. The molecule has 15 unspecified atom stereocenters. The Hall–Kier alpha value is -5.64. The van der Waals surface area contributed by atoms with Gasteiger partial charge in [0.15, 0.2) is 35.8 Å². The molecule has 23 heteroatoms. The summed E-state index contributed by atoms with van der Waals surface area (Å²) >= 11 is 0. The first-order chi connectivity index (χ1) is 31.4. The zero-order valence-corrected chi connectivity index (χ0v) is 34.8. The maximum Gasteiger partial charge on any atom is 0.331 e. The molecule has 0 amide bonds. The summed E-state index contributed by atoms with van der Waals surface area (Å²) in [4.78, 5) is 27.5. The van der Waals surface area contributed by atoms with Crippen molar-refractivity contribution >= 4 is 23.0 Å².